The molecule has 0 radical (unpaired) electrons. The Morgan fingerprint density at radius 3 is 2.52 bits per heavy atom. The van der Waals surface area contributed by atoms with Gasteiger partial charge in [0.25, 0.3) is 0 Å². The summed E-state index contributed by atoms with van der Waals surface area (Å²) < 4.78 is 75.5. The highest BCUT2D eigenvalue weighted by Gasteiger charge is 2.33. The lowest BCUT2D eigenvalue weighted by molar-refractivity contribution is -0.141. The van der Waals surface area contributed by atoms with Crippen LogP contribution in [0.1, 0.15) is 12.6 Å². The number of alkyl halides is 3. The number of halogens is 3. The maximum atomic E-state index is 12.9. The molecule has 3 rings (SSSR count). The van der Waals surface area contributed by atoms with Gasteiger partial charge in [-0.3, -0.25) is 0 Å². The van der Waals surface area contributed by atoms with Crippen LogP contribution in [0.5, 0.6) is 5.75 Å². The van der Waals surface area contributed by atoms with Crippen LogP contribution in [-0.2, 0) is 27.8 Å². The van der Waals surface area contributed by atoms with Gasteiger partial charge in [-0.15, -0.1) is 0 Å². The molecule has 12 heteroatoms. The summed E-state index contributed by atoms with van der Waals surface area (Å²) in [6.07, 6.45) is -2.29. The van der Waals surface area contributed by atoms with Gasteiger partial charge in [-0.25, -0.2) is 23.4 Å². The number of ether oxygens (including phenoxy) is 2. The normalized spacial score (nSPS) is 12.5. The van der Waals surface area contributed by atoms with Crippen LogP contribution in [0, 0.1) is 0 Å². The first-order chi connectivity index (χ1) is 13.6. The lowest BCUT2D eigenvalue weighted by atomic mass is 10.3. The molecule has 0 aliphatic heterocycles. The highest BCUT2D eigenvalue weighted by molar-refractivity contribution is 7.91. The van der Waals surface area contributed by atoms with Gasteiger partial charge >= 0.3 is 6.18 Å². The number of hydrogen-bond donors (Lipinski definition) is 0. The Kier molecular flexibility index (Phi) is 5.50. The molecule has 0 unspecified atom stereocenters. The van der Waals surface area contributed by atoms with E-state index >= 15 is 0 Å². The molecule has 0 aliphatic carbocycles. The van der Waals surface area contributed by atoms with Crippen LogP contribution in [0.2, 0.25) is 0 Å². The quantitative estimate of drug-likeness (QED) is 0.555. The number of nitrogens with zero attached hydrogens (tertiary/aromatic N) is 4. The molecular formula is C17H17F3N4O4S. The van der Waals surface area contributed by atoms with Crippen LogP contribution in [0.4, 0.5) is 13.2 Å². The van der Waals surface area contributed by atoms with Crippen molar-refractivity contribution < 1.29 is 31.1 Å². The first-order valence-corrected chi connectivity index (χ1v) is 9.98. The van der Waals surface area contributed by atoms with Crippen molar-refractivity contribution in [3.05, 3.63) is 30.2 Å². The third-order valence-corrected chi connectivity index (χ3v) is 5.90. The number of pyridine rings is 2. The number of rotatable bonds is 6. The third-order valence-electron chi connectivity index (χ3n) is 4.16. The Morgan fingerprint density at radius 1 is 1.17 bits per heavy atom. The first-order valence-electron chi connectivity index (χ1n) is 8.33. The van der Waals surface area contributed by atoms with Gasteiger partial charge in [0.15, 0.2) is 22.5 Å². The van der Waals surface area contributed by atoms with E-state index in [1.54, 1.807) is 7.05 Å². The average Bonchev–Trinajstić information content (AvgIpc) is 3.01. The monoisotopic (exact) mass is 430 g/mol. The van der Waals surface area contributed by atoms with E-state index in [9.17, 15) is 21.6 Å². The van der Waals surface area contributed by atoms with Gasteiger partial charge in [0.2, 0.25) is 0 Å². The highest BCUT2D eigenvalue weighted by Crippen LogP contribution is 2.33. The minimum absolute atomic E-state index is 0.00359. The summed E-state index contributed by atoms with van der Waals surface area (Å²) in [5.41, 5.74) is -0.767. The fourth-order valence-corrected chi connectivity index (χ4v) is 3.69. The number of aromatic nitrogens is 4. The number of fused-ring (bicyclic) bond motifs is 1. The van der Waals surface area contributed by atoms with Crippen molar-refractivity contribution in [2.24, 2.45) is 7.05 Å². The van der Waals surface area contributed by atoms with Gasteiger partial charge in [-0.05, 0) is 6.07 Å². The van der Waals surface area contributed by atoms with Gasteiger partial charge in [-0.1, -0.05) is 6.92 Å². The Balaban J connectivity index is 2.21. The van der Waals surface area contributed by atoms with Gasteiger partial charge in [-0.2, -0.15) is 13.2 Å². The summed E-state index contributed by atoms with van der Waals surface area (Å²) in [7, 11) is -0.791. The fraction of sp³-hybridized carbons (Fsp3) is 0.353. The van der Waals surface area contributed by atoms with Crippen LogP contribution in [-0.4, -0.2) is 47.6 Å². The van der Waals surface area contributed by atoms with Crippen molar-refractivity contribution in [2.75, 3.05) is 19.7 Å². The SMILES string of the molecule is CCS(=O)(=O)c1cc(OCOC)cnc1-c1nc2cc(C(F)(F)F)ncc2n1C. The van der Waals surface area contributed by atoms with E-state index in [4.69, 9.17) is 9.47 Å². The van der Waals surface area contributed by atoms with Crippen LogP contribution in [0.3, 0.4) is 0 Å². The summed E-state index contributed by atoms with van der Waals surface area (Å²) in [6.45, 7) is 1.36. The van der Waals surface area contributed by atoms with Crippen molar-refractivity contribution in [2.45, 2.75) is 18.0 Å². The topological polar surface area (TPSA) is 96.2 Å². The maximum Gasteiger partial charge on any atom is 0.433 e. The molecule has 0 saturated heterocycles. The standard InChI is InChI=1S/C17H17F3N4O4S/c1-4-29(25,26)13-5-10(28-9-27-3)7-22-15(13)16-23-11-6-14(17(18,19)20)21-8-12(11)24(16)2/h5-8H,4,9H2,1-3H3. The molecule has 3 aromatic heterocycles. The molecule has 0 aromatic carbocycles. The van der Waals surface area contributed by atoms with Gasteiger partial charge < -0.3 is 14.0 Å². The summed E-state index contributed by atoms with van der Waals surface area (Å²) in [6, 6.07) is 2.10. The zero-order valence-corrected chi connectivity index (χ0v) is 16.5. The first kappa shape index (κ1) is 21.0. The number of hydrogen-bond acceptors (Lipinski definition) is 7. The summed E-state index contributed by atoms with van der Waals surface area (Å²) in [4.78, 5) is 11.6. The Bertz CT molecular complexity index is 1160. The zero-order valence-electron chi connectivity index (χ0n) is 15.7. The molecule has 8 nitrogen and oxygen atoms in total. The third kappa shape index (κ3) is 4.03. The van der Waals surface area contributed by atoms with Crippen molar-refractivity contribution in [3.63, 3.8) is 0 Å². The molecular weight excluding hydrogens is 413 g/mol. The Labute approximate surface area is 164 Å². The number of aryl methyl sites for hydroxylation is 1. The van der Waals surface area contributed by atoms with E-state index in [1.807, 2.05) is 0 Å². The summed E-state index contributed by atoms with van der Waals surface area (Å²) in [5, 5.41) is 0. The molecule has 0 spiro atoms. The van der Waals surface area contributed by atoms with Crippen LogP contribution >= 0.6 is 0 Å². The summed E-state index contributed by atoms with van der Waals surface area (Å²) >= 11 is 0. The molecule has 0 N–H and O–H groups in total. The van der Waals surface area contributed by atoms with E-state index in [0.29, 0.717) is 5.52 Å². The van der Waals surface area contributed by atoms with Crippen molar-refractivity contribution >= 4 is 20.9 Å². The zero-order chi connectivity index (χ0) is 21.4. The Hall–Kier alpha value is -2.73. The predicted molar refractivity (Wildman–Crippen MR) is 97.0 cm³/mol. The van der Waals surface area contributed by atoms with Crippen LogP contribution < -0.4 is 4.74 Å². The largest absolute Gasteiger partial charge is 0.466 e. The lowest BCUT2D eigenvalue weighted by Gasteiger charge is -2.11. The van der Waals surface area contributed by atoms with E-state index in [1.165, 1.54) is 30.9 Å². The van der Waals surface area contributed by atoms with Crippen LogP contribution in [0.15, 0.2) is 29.4 Å². The van der Waals surface area contributed by atoms with E-state index in [2.05, 4.69) is 15.0 Å². The fourth-order valence-electron chi connectivity index (χ4n) is 2.65. The molecule has 0 saturated carbocycles. The second-order valence-corrected chi connectivity index (χ2v) is 8.27. The second kappa shape index (κ2) is 7.59. The van der Waals surface area contributed by atoms with Gasteiger partial charge in [0.1, 0.15) is 22.0 Å². The van der Waals surface area contributed by atoms with Gasteiger partial charge in [0.05, 0.1) is 29.2 Å². The predicted octanol–water partition coefficient (Wildman–Crippen LogP) is 2.83. The van der Waals surface area contributed by atoms with Crippen molar-refractivity contribution in [1.29, 1.82) is 0 Å². The maximum absolute atomic E-state index is 12.9. The molecule has 3 aromatic rings. The lowest BCUT2D eigenvalue weighted by Crippen LogP contribution is -2.10. The molecule has 0 bridgehead atoms. The average molecular weight is 430 g/mol. The molecule has 3 heterocycles. The molecule has 0 amide bonds. The molecule has 156 valence electrons. The molecule has 0 atom stereocenters. The smallest absolute Gasteiger partial charge is 0.433 e. The van der Waals surface area contributed by atoms with E-state index < -0.39 is 21.7 Å². The number of imidazole rings is 1. The van der Waals surface area contributed by atoms with Gasteiger partial charge in [0, 0.05) is 20.2 Å². The van der Waals surface area contributed by atoms with Crippen molar-refractivity contribution in [3.8, 4) is 17.3 Å². The Morgan fingerprint density at radius 2 is 1.90 bits per heavy atom. The highest BCUT2D eigenvalue weighted by atomic mass is 32.2. The van der Waals surface area contributed by atoms with Crippen molar-refractivity contribution in [1.82, 2.24) is 19.5 Å². The number of methoxy groups -OCH3 is 1. The number of sulfone groups is 1. The van der Waals surface area contributed by atoms with E-state index in [-0.39, 0.29) is 40.2 Å². The van der Waals surface area contributed by atoms with E-state index in [0.717, 1.165) is 12.3 Å². The molecule has 0 aliphatic rings. The minimum Gasteiger partial charge on any atom is -0.466 e. The summed E-state index contributed by atoms with van der Waals surface area (Å²) in [5.74, 6) is 0.0490. The minimum atomic E-state index is -4.62. The van der Waals surface area contributed by atoms with Crippen LogP contribution in [0.25, 0.3) is 22.6 Å². The molecule has 0 fully saturated rings. The second-order valence-electron chi connectivity index (χ2n) is 6.02. The molecule has 29 heavy (non-hydrogen) atoms.